The molecule has 110 valence electrons. The zero-order valence-corrected chi connectivity index (χ0v) is 13.2. The van der Waals surface area contributed by atoms with Crippen LogP contribution in [0.5, 0.6) is 0 Å². The minimum absolute atomic E-state index is 0.162. The van der Waals surface area contributed by atoms with Gasteiger partial charge in [-0.3, -0.25) is 4.79 Å². The van der Waals surface area contributed by atoms with Crippen molar-refractivity contribution in [1.29, 1.82) is 0 Å². The molecule has 4 atom stereocenters. The van der Waals surface area contributed by atoms with Crippen molar-refractivity contribution < 1.29 is 4.79 Å². The van der Waals surface area contributed by atoms with Crippen molar-refractivity contribution in [3.05, 3.63) is 0 Å². The zero-order chi connectivity index (χ0) is 14.3. The monoisotopic (exact) mass is 266 g/mol. The summed E-state index contributed by atoms with van der Waals surface area (Å²) in [5, 5.41) is 6.56. The van der Waals surface area contributed by atoms with Gasteiger partial charge in [-0.05, 0) is 49.4 Å². The van der Waals surface area contributed by atoms with Crippen molar-refractivity contribution in [1.82, 2.24) is 10.6 Å². The molecule has 0 aromatic rings. The van der Waals surface area contributed by atoms with Crippen LogP contribution in [0.3, 0.4) is 0 Å². The third kappa shape index (κ3) is 2.42. The summed E-state index contributed by atoms with van der Waals surface area (Å²) < 4.78 is 0. The lowest BCUT2D eigenvalue weighted by Crippen LogP contribution is -2.49. The Labute approximate surface area is 117 Å². The van der Waals surface area contributed by atoms with Gasteiger partial charge in [-0.25, -0.2) is 0 Å². The highest BCUT2D eigenvalue weighted by Gasteiger charge is 2.61. The highest BCUT2D eigenvalue weighted by Crippen LogP contribution is 2.65. The molecule has 1 amide bonds. The van der Waals surface area contributed by atoms with E-state index in [4.69, 9.17) is 0 Å². The van der Waals surface area contributed by atoms with E-state index in [1.807, 2.05) is 0 Å². The predicted molar refractivity (Wildman–Crippen MR) is 78.9 cm³/mol. The maximum absolute atomic E-state index is 12.1. The van der Waals surface area contributed by atoms with Crippen molar-refractivity contribution >= 4 is 5.91 Å². The van der Waals surface area contributed by atoms with Gasteiger partial charge in [0.05, 0.1) is 6.54 Å². The molecule has 3 heteroatoms. The topological polar surface area (TPSA) is 41.1 Å². The van der Waals surface area contributed by atoms with E-state index in [0.717, 1.165) is 12.3 Å². The first-order chi connectivity index (χ1) is 8.81. The van der Waals surface area contributed by atoms with Crippen molar-refractivity contribution in [3.8, 4) is 0 Å². The first kappa shape index (κ1) is 14.8. The quantitative estimate of drug-likeness (QED) is 0.803. The van der Waals surface area contributed by atoms with Crippen LogP contribution in [0.15, 0.2) is 0 Å². The molecule has 2 bridgehead atoms. The Morgan fingerprint density at radius 2 is 2.05 bits per heavy atom. The summed E-state index contributed by atoms with van der Waals surface area (Å²) in [6, 6.07) is 0.783. The predicted octanol–water partition coefficient (Wildman–Crippen LogP) is 2.71. The Kier molecular flexibility index (Phi) is 3.97. The molecule has 2 aliphatic rings. The Balaban J connectivity index is 1.89. The minimum atomic E-state index is 0.162. The van der Waals surface area contributed by atoms with Crippen LogP contribution in [0, 0.1) is 16.7 Å². The van der Waals surface area contributed by atoms with Gasteiger partial charge in [-0.1, -0.05) is 27.7 Å². The zero-order valence-electron chi connectivity index (χ0n) is 13.2. The van der Waals surface area contributed by atoms with Crippen molar-refractivity contribution in [2.75, 3.05) is 6.54 Å². The third-order valence-electron chi connectivity index (χ3n) is 6.35. The van der Waals surface area contributed by atoms with Crippen molar-refractivity contribution in [2.24, 2.45) is 16.7 Å². The highest BCUT2D eigenvalue weighted by molar-refractivity contribution is 5.78. The van der Waals surface area contributed by atoms with Gasteiger partial charge in [0.15, 0.2) is 0 Å². The van der Waals surface area contributed by atoms with Crippen molar-refractivity contribution in [2.45, 2.75) is 72.4 Å². The molecule has 0 aliphatic heterocycles. The third-order valence-corrected chi connectivity index (χ3v) is 6.35. The molecule has 0 aromatic carbocycles. The van der Waals surface area contributed by atoms with Gasteiger partial charge in [0, 0.05) is 12.1 Å². The Hall–Kier alpha value is -0.570. The minimum Gasteiger partial charge on any atom is -0.352 e. The molecule has 2 fully saturated rings. The van der Waals surface area contributed by atoms with Gasteiger partial charge in [-0.2, -0.15) is 0 Å². The van der Waals surface area contributed by atoms with Crippen LogP contribution in [0.2, 0.25) is 0 Å². The second-order valence-electron chi connectivity index (χ2n) is 7.42. The van der Waals surface area contributed by atoms with E-state index in [-0.39, 0.29) is 11.3 Å². The molecule has 0 heterocycles. The second-order valence-corrected chi connectivity index (χ2v) is 7.42. The molecule has 2 N–H and O–H groups in total. The van der Waals surface area contributed by atoms with E-state index in [1.165, 1.54) is 19.3 Å². The smallest absolute Gasteiger partial charge is 0.234 e. The number of hydrogen-bond donors (Lipinski definition) is 2. The fraction of sp³-hybridized carbons (Fsp3) is 0.938. The molecule has 2 aliphatic carbocycles. The number of rotatable bonds is 5. The van der Waals surface area contributed by atoms with Crippen LogP contribution in [-0.2, 0) is 4.79 Å². The van der Waals surface area contributed by atoms with Gasteiger partial charge < -0.3 is 10.6 Å². The Bertz CT molecular complexity index is 353. The van der Waals surface area contributed by atoms with Gasteiger partial charge >= 0.3 is 0 Å². The summed E-state index contributed by atoms with van der Waals surface area (Å²) in [7, 11) is 0. The number of hydrogen-bond acceptors (Lipinski definition) is 2. The van der Waals surface area contributed by atoms with Crippen LogP contribution >= 0.6 is 0 Å². The Morgan fingerprint density at radius 1 is 1.37 bits per heavy atom. The molecule has 2 saturated carbocycles. The average Bonchev–Trinajstić information content (AvgIpc) is 2.69. The molecule has 4 unspecified atom stereocenters. The highest BCUT2D eigenvalue weighted by atomic mass is 16.2. The summed E-state index contributed by atoms with van der Waals surface area (Å²) >= 11 is 0. The van der Waals surface area contributed by atoms with E-state index in [9.17, 15) is 4.79 Å². The number of amides is 1. The van der Waals surface area contributed by atoms with Gasteiger partial charge in [0.2, 0.25) is 5.91 Å². The van der Waals surface area contributed by atoms with E-state index in [2.05, 4.69) is 45.3 Å². The fourth-order valence-corrected chi connectivity index (χ4v) is 4.08. The maximum Gasteiger partial charge on any atom is 0.234 e. The molecular formula is C16H30N2O. The van der Waals surface area contributed by atoms with Crippen LogP contribution in [0.4, 0.5) is 0 Å². The van der Waals surface area contributed by atoms with Crippen molar-refractivity contribution in [3.63, 3.8) is 0 Å². The molecule has 0 aromatic heterocycles. The largest absolute Gasteiger partial charge is 0.352 e. The summed E-state index contributed by atoms with van der Waals surface area (Å²) in [6.07, 6.45) is 4.82. The molecular weight excluding hydrogens is 236 g/mol. The normalized spacial score (nSPS) is 37.3. The SMILES string of the molecule is CCC(C)NCC(=O)NC1CC2CCC1(C)C2(C)C. The summed E-state index contributed by atoms with van der Waals surface area (Å²) in [5.74, 6) is 0.945. The fourth-order valence-electron chi connectivity index (χ4n) is 4.08. The summed E-state index contributed by atoms with van der Waals surface area (Å²) in [6.45, 7) is 11.8. The lowest BCUT2D eigenvalue weighted by Gasteiger charge is -2.39. The van der Waals surface area contributed by atoms with Crippen LogP contribution in [-0.4, -0.2) is 24.5 Å². The molecule has 3 nitrogen and oxygen atoms in total. The molecule has 0 saturated heterocycles. The van der Waals surface area contributed by atoms with Gasteiger partial charge in [0.25, 0.3) is 0 Å². The van der Waals surface area contributed by atoms with Gasteiger partial charge in [0.1, 0.15) is 0 Å². The first-order valence-corrected chi connectivity index (χ1v) is 7.84. The summed E-state index contributed by atoms with van der Waals surface area (Å²) in [5.41, 5.74) is 0.652. The Morgan fingerprint density at radius 3 is 2.53 bits per heavy atom. The second kappa shape index (κ2) is 5.08. The first-order valence-electron chi connectivity index (χ1n) is 7.84. The van der Waals surface area contributed by atoms with E-state index < -0.39 is 0 Å². The lowest BCUT2D eigenvalue weighted by molar-refractivity contribution is -0.122. The van der Waals surface area contributed by atoms with Crippen LogP contribution in [0.1, 0.15) is 60.3 Å². The summed E-state index contributed by atoms with van der Waals surface area (Å²) in [4.78, 5) is 12.1. The molecule has 0 spiro atoms. The number of carbonyl (C=O) groups is 1. The number of fused-ring (bicyclic) bond motifs is 2. The van der Waals surface area contributed by atoms with E-state index >= 15 is 0 Å². The lowest BCUT2D eigenvalue weighted by atomic mass is 9.69. The van der Waals surface area contributed by atoms with Crippen LogP contribution < -0.4 is 10.6 Å². The molecule has 2 rings (SSSR count). The standard InChI is InChI=1S/C16H30N2O/c1-6-11(2)17-10-14(19)18-13-9-12-7-8-16(13,5)15(12,3)4/h11-13,17H,6-10H2,1-5H3,(H,18,19). The number of nitrogens with one attached hydrogen (secondary N) is 2. The number of carbonyl (C=O) groups excluding carboxylic acids is 1. The average molecular weight is 266 g/mol. The maximum atomic E-state index is 12.1. The van der Waals surface area contributed by atoms with E-state index in [0.29, 0.717) is 24.0 Å². The van der Waals surface area contributed by atoms with Gasteiger partial charge in [-0.15, -0.1) is 0 Å². The van der Waals surface area contributed by atoms with Crippen LogP contribution in [0.25, 0.3) is 0 Å². The molecule has 0 radical (unpaired) electrons. The van der Waals surface area contributed by atoms with E-state index in [1.54, 1.807) is 0 Å². The molecule has 19 heavy (non-hydrogen) atoms.